The lowest BCUT2D eigenvalue weighted by molar-refractivity contribution is 0.0696. The molecule has 0 atom stereocenters. The predicted octanol–water partition coefficient (Wildman–Crippen LogP) is 2.76. The van der Waals surface area contributed by atoms with Crippen LogP contribution in [0.3, 0.4) is 0 Å². The van der Waals surface area contributed by atoms with Crippen LogP contribution in [0, 0.1) is 6.92 Å². The summed E-state index contributed by atoms with van der Waals surface area (Å²) in [4.78, 5) is 15.1. The van der Waals surface area contributed by atoms with Crippen molar-refractivity contribution in [3.05, 3.63) is 47.8 Å². The average molecular weight is 243 g/mol. The summed E-state index contributed by atoms with van der Waals surface area (Å²) in [6.45, 7) is 1.77. The van der Waals surface area contributed by atoms with Crippen LogP contribution in [0.2, 0.25) is 0 Å². The number of aryl methyl sites for hydroxylation is 1. The summed E-state index contributed by atoms with van der Waals surface area (Å²) < 4.78 is 5.10. The molecule has 1 aromatic carbocycles. The van der Waals surface area contributed by atoms with Crippen LogP contribution in [0.1, 0.15) is 15.9 Å². The van der Waals surface area contributed by atoms with Crippen LogP contribution in [0.25, 0.3) is 11.1 Å². The first-order valence-corrected chi connectivity index (χ1v) is 5.45. The number of rotatable bonds is 3. The number of methoxy groups -OCH3 is 1. The molecule has 0 aliphatic heterocycles. The maximum Gasteiger partial charge on any atom is 0.335 e. The van der Waals surface area contributed by atoms with Gasteiger partial charge in [0.25, 0.3) is 0 Å². The molecule has 0 bridgehead atoms. The van der Waals surface area contributed by atoms with Gasteiger partial charge < -0.3 is 9.84 Å². The minimum absolute atomic E-state index is 0.301. The number of carbonyl (C=O) groups is 1. The van der Waals surface area contributed by atoms with Crippen molar-refractivity contribution in [3.63, 3.8) is 0 Å². The first-order valence-electron chi connectivity index (χ1n) is 5.45. The molecule has 1 aromatic heterocycles. The third-order valence-corrected chi connectivity index (χ3v) is 2.75. The topological polar surface area (TPSA) is 59.4 Å². The van der Waals surface area contributed by atoms with Gasteiger partial charge in [0.2, 0.25) is 0 Å². The lowest BCUT2D eigenvalue weighted by Gasteiger charge is -2.07. The highest BCUT2D eigenvalue weighted by atomic mass is 16.5. The standard InChI is InChI=1S/C14H13NO3/c1-9-3-4-10(6-13(9)14(16)17)11-5-12(18-2)8-15-7-11/h3-8H,1-2H3,(H,16,17). The normalized spacial score (nSPS) is 10.1. The summed E-state index contributed by atoms with van der Waals surface area (Å²) in [5, 5.41) is 9.10. The fraction of sp³-hybridized carbons (Fsp3) is 0.143. The van der Waals surface area contributed by atoms with E-state index in [0.29, 0.717) is 11.3 Å². The number of carboxylic acid groups (broad SMARTS) is 1. The molecule has 18 heavy (non-hydrogen) atoms. The minimum atomic E-state index is -0.926. The quantitative estimate of drug-likeness (QED) is 0.900. The SMILES string of the molecule is COc1cncc(-c2ccc(C)c(C(=O)O)c2)c1. The highest BCUT2D eigenvalue weighted by Gasteiger charge is 2.09. The van der Waals surface area contributed by atoms with Gasteiger partial charge in [-0.25, -0.2) is 4.79 Å². The molecule has 1 N–H and O–H groups in total. The number of carboxylic acids is 1. The summed E-state index contributed by atoms with van der Waals surface area (Å²) in [7, 11) is 1.57. The molecule has 0 fully saturated rings. The highest BCUT2D eigenvalue weighted by Crippen LogP contribution is 2.24. The highest BCUT2D eigenvalue weighted by molar-refractivity contribution is 5.91. The number of ether oxygens (including phenoxy) is 1. The molecule has 0 spiro atoms. The average Bonchev–Trinajstić information content (AvgIpc) is 2.39. The fourth-order valence-electron chi connectivity index (χ4n) is 1.72. The predicted molar refractivity (Wildman–Crippen MR) is 67.9 cm³/mol. The molecule has 0 saturated carbocycles. The molecule has 0 unspecified atom stereocenters. The van der Waals surface area contributed by atoms with E-state index in [9.17, 15) is 4.79 Å². The lowest BCUT2D eigenvalue weighted by atomic mass is 10.0. The zero-order chi connectivity index (χ0) is 13.1. The van der Waals surface area contributed by atoms with Gasteiger partial charge in [0.1, 0.15) is 5.75 Å². The Morgan fingerprint density at radius 3 is 2.67 bits per heavy atom. The van der Waals surface area contributed by atoms with Crippen LogP contribution >= 0.6 is 0 Å². The van der Waals surface area contributed by atoms with E-state index in [2.05, 4.69) is 4.98 Å². The van der Waals surface area contributed by atoms with Crippen molar-refractivity contribution >= 4 is 5.97 Å². The lowest BCUT2D eigenvalue weighted by Crippen LogP contribution is -1.99. The molecule has 2 rings (SSSR count). The molecule has 2 aromatic rings. The second kappa shape index (κ2) is 4.87. The van der Waals surface area contributed by atoms with Gasteiger partial charge in [0.05, 0.1) is 18.9 Å². The van der Waals surface area contributed by atoms with Crippen molar-refractivity contribution < 1.29 is 14.6 Å². The Kier molecular flexibility index (Phi) is 3.28. The molecule has 0 amide bonds. The number of pyridine rings is 1. The van der Waals surface area contributed by atoms with E-state index in [4.69, 9.17) is 9.84 Å². The maximum atomic E-state index is 11.1. The Balaban J connectivity index is 2.50. The van der Waals surface area contributed by atoms with Crippen LogP contribution < -0.4 is 4.74 Å². The van der Waals surface area contributed by atoms with E-state index in [1.165, 1.54) is 0 Å². The summed E-state index contributed by atoms with van der Waals surface area (Å²) in [5.74, 6) is -0.282. The number of aromatic carboxylic acids is 1. The van der Waals surface area contributed by atoms with E-state index >= 15 is 0 Å². The zero-order valence-corrected chi connectivity index (χ0v) is 10.2. The van der Waals surface area contributed by atoms with Gasteiger partial charge in [-0.2, -0.15) is 0 Å². The molecular formula is C14H13NO3. The maximum absolute atomic E-state index is 11.1. The second-order valence-electron chi connectivity index (χ2n) is 3.95. The van der Waals surface area contributed by atoms with E-state index in [1.807, 2.05) is 12.1 Å². The molecule has 4 heteroatoms. The molecule has 0 aliphatic rings. The zero-order valence-electron chi connectivity index (χ0n) is 10.2. The summed E-state index contributed by atoms with van der Waals surface area (Å²) in [6.07, 6.45) is 3.29. The largest absolute Gasteiger partial charge is 0.495 e. The number of hydrogen-bond acceptors (Lipinski definition) is 3. The van der Waals surface area contributed by atoms with Crippen molar-refractivity contribution in [1.82, 2.24) is 4.98 Å². The van der Waals surface area contributed by atoms with E-state index < -0.39 is 5.97 Å². The fourth-order valence-corrected chi connectivity index (χ4v) is 1.72. The van der Waals surface area contributed by atoms with Gasteiger partial charge in [-0.1, -0.05) is 12.1 Å². The summed E-state index contributed by atoms with van der Waals surface area (Å²) in [6, 6.07) is 7.13. The van der Waals surface area contributed by atoms with Gasteiger partial charge in [-0.05, 0) is 30.2 Å². The molecule has 4 nitrogen and oxygen atoms in total. The van der Waals surface area contributed by atoms with E-state index in [-0.39, 0.29) is 0 Å². The number of benzene rings is 1. The Morgan fingerprint density at radius 2 is 2.00 bits per heavy atom. The number of aromatic nitrogens is 1. The van der Waals surface area contributed by atoms with E-state index in [1.54, 1.807) is 38.6 Å². The van der Waals surface area contributed by atoms with Crippen LogP contribution in [0.15, 0.2) is 36.7 Å². The first-order chi connectivity index (χ1) is 8.61. The Morgan fingerprint density at radius 1 is 1.22 bits per heavy atom. The van der Waals surface area contributed by atoms with Crippen molar-refractivity contribution in [3.8, 4) is 16.9 Å². The smallest absolute Gasteiger partial charge is 0.335 e. The molecule has 0 saturated heterocycles. The van der Waals surface area contributed by atoms with Crippen LogP contribution in [0.4, 0.5) is 0 Å². The van der Waals surface area contributed by atoms with Crippen molar-refractivity contribution in [2.75, 3.05) is 7.11 Å². The molecule has 1 heterocycles. The third kappa shape index (κ3) is 2.32. The van der Waals surface area contributed by atoms with Gasteiger partial charge in [-0.15, -0.1) is 0 Å². The monoisotopic (exact) mass is 243 g/mol. The Bertz CT molecular complexity index is 593. The summed E-state index contributed by atoms with van der Waals surface area (Å²) >= 11 is 0. The van der Waals surface area contributed by atoms with Crippen LogP contribution in [-0.2, 0) is 0 Å². The molecule has 0 aliphatic carbocycles. The van der Waals surface area contributed by atoms with Crippen molar-refractivity contribution in [2.24, 2.45) is 0 Å². The van der Waals surface area contributed by atoms with Gasteiger partial charge >= 0.3 is 5.97 Å². The second-order valence-corrected chi connectivity index (χ2v) is 3.95. The van der Waals surface area contributed by atoms with E-state index in [0.717, 1.165) is 16.7 Å². The number of nitrogens with zero attached hydrogens (tertiary/aromatic N) is 1. The Hall–Kier alpha value is -2.36. The van der Waals surface area contributed by atoms with Gasteiger partial charge in [-0.3, -0.25) is 4.98 Å². The number of hydrogen-bond donors (Lipinski definition) is 1. The minimum Gasteiger partial charge on any atom is -0.495 e. The van der Waals surface area contributed by atoms with Crippen LogP contribution in [0.5, 0.6) is 5.75 Å². The molecule has 0 radical (unpaired) electrons. The molecule has 92 valence electrons. The first kappa shape index (κ1) is 12.1. The van der Waals surface area contributed by atoms with Crippen molar-refractivity contribution in [2.45, 2.75) is 6.92 Å². The van der Waals surface area contributed by atoms with Crippen LogP contribution in [-0.4, -0.2) is 23.2 Å². The van der Waals surface area contributed by atoms with Gasteiger partial charge in [0, 0.05) is 11.8 Å². The third-order valence-electron chi connectivity index (χ3n) is 2.75. The van der Waals surface area contributed by atoms with Crippen molar-refractivity contribution in [1.29, 1.82) is 0 Å². The van der Waals surface area contributed by atoms with Gasteiger partial charge in [0.15, 0.2) is 0 Å². The Labute approximate surface area is 105 Å². The summed E-state index contributed by atoms with van der Waals surface area (Å²) in [5.41, 5.74) is 2.68. The molecular weight excluding hydrogens is 230 g/mol.